The van der Waals surface area contributed by atoms with Gasteiger partial charge < -0.3 is 20.2 Å². The molecule has 326 valence electrons. The van der Waals surface area contributed by atoms with E-state index < -0.39 is 40.9 Å². The zero-order chi connectivity index (χ0) is 43.9. The number of aromatic nitrogens is 4. The standard InChI is InChI=1S/C46H48F2N10O5/c1-46(2,63)35-15-38-26(12-39(35)51-44(61)40-9-7-32-11-25(16-49)17-50-58(32)40)24-57(53-38)31-5-3-30(4-6-31)54-18-27(19-54)28-20-56(21-28)45(62)29-22-55(23-29)33-13-36(47)42(37(48)14-33)34-8-10-41(59)52-43(34)60/h7,9,11-15,17,24,27-31,34,63H,3-6,8,10,18-23H2,1-2H3,(H,51,61)(H,52,59,60)/t30?,31?,34-/m1/s1. The average molecular weight is 859 g/mol. The summed E-state index contributed by atoms with van der Waals surface area (Å²) in [6.07, 6.45) is 7.60. The number of carbonyl (C=O) groups excluding carboxylic acids is 4. The first kappa shape index (κ1) is 40.8. The number of carbonyl (C=O) groups is 4. The summed E-state index contributed by atoms with van der Waals surface area (Å²) in [5.74, 6) is -3.35. The van der Waals surface area contributed by atoms with E-state index in [1.165, 1.54) is 22.8 Å². The molecule has 10 rings (SSSR count). The van der Waals surface area contributed by atoms with Crippen molar-refractivity contribution in [3.8, 4) is 6.07 Å². The zero-order valence-electron chi connectivity index (χ0n) is 35.1. The van der Waals surface area contributed by atoms with Gasteiger partial charge >= 0.3 is 0 Å². The zero-order valence-corrected chi connectivity index (χ0v) is 35.1. The Bertz CT molecular complexity index is 2710. The van der Waals surface area contributed by atoms with Gasteiger partial charge in [-0.1, -0.05) is 0 Å². The molecule has 5 fully saturated rings. The molecule has 0 spiro atoms. The lowest BCUT2D eigenvalue weighted by Gasteiger charge is -2.54. The first-order valence-corrected chi connectivity index (χ1v) is 21.8. The maximum absolute atomic E-state index is 15.1. The second-order valence-corrected chi connectivity index (χ2v) is 18.6. The average Bonchev–Trinajstić information content (AvgIpc) is 3.81. The third-order valence-corrected chi connectivity index (χ3v) is 14.1. The number of hydrogen-bond donors (Lipinski definition) is 3. The van der Waals surface area contributed by atoms with Crippen molar-refractivity contribution >= 4 is 51.4 Å². The summed E-state index contributed by atoms with van der Waals surface area (Å²) >= 11 is 0. The molecule has 1 saturated carbocycles. The van der Waals surface area contributed by atoms with Crippen molar-refractivity contribution in [2.24, 2.45) is 17.8 Å². The lowest BCUT2D eigenvalue weighted by Crippen LogP contribution is -2.65. The monoisotopic (exact) mass is 858 g/mol. The summed E-state index contributed by atoms with van der Waals surface area (Å²) < 4.78 is 33.7. The van der Waals surface area contributed by atoms with Crippen molar-refractivity contribution in [2.45, 2.75) is 76.0 Å². The third kappa shape index (κ3) is 7.48. The van der Waals surface area contributed by atoms with Gasteiger partial charge in [-0.2, -0.15) is 15.5 Å². The van der Waals surface area contributed by atoms with E-state index in [1.807, 2.05) is 27.9 Å². The van der Waals surface area contributed by atoms with Gasteiger partial charge in [0.1, 0.15) is 23.4 Å². The van der Waals surface area contributed by atoms with Crippen LogP contribution < -0.4 is 15.5 Å². The topological polar surface area (TPSA) is 181 Å². The van der Waals surface area contributed by atoms with Crippen LogP contribution in [-0.4, -0.2) is 103 Å². The number of nitrogens with one attached hydrogen (secondary N) is 2. The van der Waals surface area contributed by atoms with Gasteiger partial charge in [0.25, 0.3) is 5.91 Å². The molecule has 7 heterocycles. The maximum Gasteiger partial charge on any atom is 0.274 e. The number of amides is 4. The number of anilines is 2. The number of likely N-dealkylation sites (tertiary alicyclic amines) is 2. The molecule has 2 aromatic carbocycles. The van der Waals surface area contributed by atoms with E-state index >= 15 is 8.78 Å². The van der Waals surface area contributed by atoms with Crippen LogP contribution in [-0.2, 0) is 20.0 Å². The molecule has 0 radical (unpaired) electrons. The highest BCUT2D eigenvalue weighted by atomic mass is 19.1. The number of aliphatic hydroxyl groups is 1. The molecule has 0 unspecified atom stereocenters. The molecule has 0 bridgehead atoms. The summed E-state index contributed by atoms with van der Waals surface area (Å²) in [6.45, 7) is 7.65. The van der Waals surface area contributed by atoms with Gasteiger partial charge in [0.2, 0.25) is 17.7 Å². The van der Waals surface area contributed by atoms with E-state index in [0.717, 1.165) is 62.8 Å². The summed E-state index contributed by atoms with van der Waals surface area (Å²) in [5.41, 5.74) is 1.85. The van der Waals surface area contributed by atoms with Crippen LogP contribution in [0.15, 0.2) is 54.9 Å². The normalized spacial score (nSPS) is 22.7. The van der Waals surface area contributed by atoms with Crippen molar-refractivity contribution in [2.75, 3.05) is 49.5 Å². The minimum absolute atomic E-state index is 0.0282. The number of imide groups is 1. The highest BCUT2D eigenvalue weighted by Crippen LogP contribution is 2.40. The fourth-order valence-electron chi connectivity index (χ4n) is 10.3. The van der Waals surface area contributed by atoms with Crippen molar-refractivity contribution in [1.82, 2.24) is 34.5 Å². The molecule has 5 aromatic rings. The Morgan fingerprint density at radius 1 is 0.921 bits per heavy atom. The van der Waals surface area contributed by atoms with Crippen LogP contribution in [0.1, 0.15) is 91.5 Å². The summed E-state index contributed by atoms with van der Waals surface area (Å²) in [6, 6.07) is 14.0. The molecule has 3 aromatic heterocycles. The highest BCUT2D eigenvalue weighted by molar-refractivity contribution is 6.05. The van der Waals surface area contributed by atoms with Gasteiger partial charge in [-0.15, -0.1) is 0 Å². The molecule has 5 aliphatic rings. The molecular formula is C46H48F2N10O5. The first-order chi connectivity index (χ1) is 30.2. The van der Waals surface area contributed by atoms with Crippen LogP contribution in [0.25, 0.3) is 16.4 Å². The quantitative estimate of drug-likeness (QED) is 0.174. The van der Waals surface area contributed by atoms with Crippen LogP contribution in [0, 0.1) is 40.7 Å². The van der Waals surface area contributed by atoms with E-state index in [0.29, 0.717) is 64.7 Å². The fourth-order valence-corrected chi connectivity index (χ4v) is 10.3. The number of hydrogen-bond acceptors (Lipinski definition) is 10. The number of fused-ring (bicyclic) bond motifs is 2. The van der Waals surface area contributed by atoms with E-state index in [-0.39, 0.29) is 36.3 Å². The first-order valence-electron chi connectivity index (χ1n) is 21.8. The van der Waals surface area contributed by atoms with Crippen molar-refractivity contribution < 1.29 is 33.1 Å². The second-order valence-electron chi connectivity index (χ2n) is 18.6. The Morgan fingerprint density at radius 3 is 2.30 bits per heavy atom. The van der Waals surface area contributed by atoms with Gasteiger partial charge in [0.05, 0.1) is 46.3 Å². The molecule has 3 N–H and O–H groups in total. The molecule has 63 heavy (non-hydrogen) atoms. The predicted molar refractivity (Wildman–Crippen MR) is 226 cm³/mol. The summed E-state index contributed by atoms with van der Waals surface area (Å²) in [5, 5.41) is 35.6. The smallest absolute Gasteiger partial charge is 0.274 e. The van der Waals surface area contributed by atoms with E-state index in [4.69, 9.17) is 5.10 Å². The van der Waals surface area contributed by atoms with Crippen molar-refractivity contribution in [3.63, 3.8) is 0 Å². The minimum Gasteiger partial charge on any atom is -0.386 e. The predicted octanol–water partition coefficient (Wildman–Crippen LogP) is 4.84. The number of piperidine rings is 1. The lowest BCUT2D eigenvalue weighted by atomic mass is 9.77. The number of halogens is 2. The maximum atomic E-state index is 15.1. The Morgan fingerprint density at radius 2 is 1.62 bits per heavy atom. The number of nitriles is 1. The molecule has 17 heteroatoms. The largest absolute Gasteiger partial charge is 0.386 e. The molecule has 4 amide bonds. The second kappa shape index (κ2) is 15.5. The third-order valence-electron chi connectivity index (χ3n) is 14.1. The van der Waals surface area contributed by atoms with E-state index in [2.05, 4.69) is 26.7 Å². The van der Waals surface area contributed by atoms with Gasteiger partial charge in [-0.05, 0) is 100 Å². The van der Waals surface area contributed by atoms with Gasteiger partial charge in [-0.3, -0.25) is 34.1 Å². The number of nitrogens with zero attached hydrogens (tertiary/aromatic N) is 8. The Balaban J connectivity index is 0.691. The molecule has 1 atom stereocenters. The fraction of sp³-hybridized carbons (Fsp3) is 0.457. The summed E-state index contributed by atoms with van der Waals surface area (Å²) in [4.78, 5) is 56.8. The van der Waals surface area contributed by atoms with Crippen LogP contribution in [0.5, 0.6) is 0 Å². The highest BCUT2D eigenvalue weighted by Gasteiger charge is 2.46. The molecule has 15 nitrogen and oxygen atoms in total. The number of benzene rings is 2. The Kier molecular flexibility index (Phi) is 10.1. The molecular weight excluding hydrogens is 811 g/mol. The van der Waals surface area contributed by atoms with Crippen LogP contribution in [0.2, 0.25) is 0 Å². The molecule has 1 aliphatic carbocycles. The van der Waals surface area contributed by atoms with Gasteiger partial charge in [-0.25, -0.2) is 13.3 Å². The molecule has 4 saturated heterocycles. The Hall–Kier alpha value is -6.25. The SMILES string of the molecule is CC(C)(O)c1cc2nn(C3CCC(N4CC(C5CN(C(=O)C6CN(c7cc(F)c([C@H]8CCC(=O)NC8=O)c(F)c7)C6)C5)C4)CC3)cc2cc1NC(=O)c1ccc2cc(C#N)cnn12. The Labute approximate surface area is 361 Å². The number of rotatable bonds is 9. The summed E-state index contributed by atoms with van der Waals surface area (Å²) in [7, 11) is 0. The van der Waals surface area contributed by atoms with Crippen molar-refractivity contribution in [3.05, 3.63) is 88.9 Å². The van der Waals surface area contributed by atoms with Crippen LogP contribution in [0.3, 0.4) is 0 Å². The van der Waals surface area contributed by atoms with Gasteiger partial charge in [0.15, 0.2) is 0 Å². The van der Waals surface area contributed by atoms with Crippen LogP contribution >= 0.6 is 0 Å². The van der Waals surface area contributed by atoms with E-state index in [1.54, 1.807) is 36.9 Å². The van der Waals surface area contributed by atoms with Gasteiger partial charge in [0, 0.05) is 85.8 Å². The van der Waals surface area contributed by atoms with Crippen molar-refractivity contribution in [1.29, 1.82) is 5.26 Å². The minimum atomic E-state index is -1.26. The molecule has 4 aliphatic heterocycles. The van der Waals surface area contributed by atoms with E-state index in [9.17, 15) is 29.5 Å². The van der Waals surface area contributed by atoms with Crippen LogP contribution in [0.4, 0.5) is 20.2 Å². The lowest BCUT2D eigenvalue weighted by molar-refractivity contribution is -0.147.